The van der Waals surface area contributed by atoms with E-state index in [1.165, 1.54) is 0 Å². The van der Waals surface area contributed by atoms with E-state index in [2.05, 4.69) is 51.0 Å². The van der Waals surface area contributed by atoms with Gasteiger partial charge in [-0.3, -0.25) is 0 Å². The van der Waals surface area contributed by atoms with Crippen LogP contribution >= 0.6 is 31.9 Å². The summed E-state index contributed by atoms with van der Waals surface area (Å²) in [5, 5.41) is 3.42. The number of benzene rings is 1. The lowest BCUT2D eigenvalue weighted by atomic mass is 10.2. The summed E-state index contributed by atoms with van der Waals surface area (Å²) in [7, 11) is 0. The van der Waals surface area contributed by atoms with Gasteiger partial charge in [-0.15, -0.1) is 0 Å². The van der Waals surface area contributed by atoms with Gasteiger partial charge in [-0.1, -0.05) is 22.9 Å². The molecule has 0 aliphatic rings. The molecule has 0 aliphatic carbocycles. The summed E-state index contributed by atoms with van der Waals surface area (Å²) in [5.74, 6) is 1.85. The van der Waals surface area contributed by atoms with E-state index in [9.17, 15) is 0 Å². The van der Waals surface area contributed by atoms with Crippen LogP contribution in [0.4, 0.5) is 0 Å². The van der Waals surface area contributed by atoms with Gasteiger partial charge in [0.25, 0.3) is 0 Å². The second-order valence-corrected chi connectivity index (χ2v) is 6.35. The fourth-order valence-corrected chi connectivity index (χ4v) is 2.97. The predicted molar refractivity (Wildman–Crippen MR) is 86.1 cm³/mol. The Balaban J connectivity index is 2.12. The molecule has 102 valence electrons. The van der Waals surface area contributed by atoms with Gasteiger partial charge in [0.05, 0.1) is 6.54 Å². The molecule has 0 bridgehead atoms. The Kier molecular flexibility index (Phi) is 5.25. The van der Waals surface area contributed by atoms with Gasteiger partial charge in [-0.05, 0) is 59.6 Å². The first-order valence-corrected chi connectivity index (χ1v) is 7.96. The molecule has 0 radical (unpaired) electrons. The Labute approximate surface area is 130 Å². The van der Waals surface area contributed by atoms with E-state index in [-0.39, 0.29) is 0 Å². The van der Waals surface area contributed by atoms with E-state index in [1.807, 2.05) is 30.3 Å². The number of rotatable bonds is 5. The van der Waals surface area contributed by atoms with Crippen molar-refractivity contribution < 1.29 is 4.42 Å². The molecule has 1 aromatic carbocycles. The second-order valence-electron chi connectivity index (χ2n) is 4.58. The largest absolute Gasteiger partial charge is 0.460 e. The molecule has 0 unspecified atom stereocenters. The molecule has 0 spiro atoms. The normalized spacial score (nSPS) is 12.6. The van der Waals surface area contributed by atoms with Crippen molar-refractivity contribution in [1.82, 2.24) is 5.32 Å². The minimum absolute atomic E-state index is 0.507. The second kappa shape index (κ2) is 6.73. The third kappa shape index (κ3) is 3.94. The molecule has 0 saturated heterocycles. The van der Waals surface area contributed by atoms with E-state index in [1.54, 1.807) is 0 Å². The average Bonchev–Trinajstić information content (AvgIpc) is 2.84. The van der Waals surface area contributed by atoms with Gasteiger partial charge in [0, 0.05) is 20.6 Å². The highest BCUT2D eigenvalue weighted by Gasteiger charge is 2.09. The van der Waals surface area contributed by atoms with Crippen LogP contribution in [0, 0.1) is 0 Å². The molecule has 2 rings (SSSR count). The van der Waals surface area contributed by atoms with Gasteiger partial charge in [-0.2, -0.15) is 0 Å². The molecule has 1 heterocycles. The molecule has 0 saturated carbocycles. The van der Waals surface area contributed by atoms with Crippen LogP contribution in [-0.4, -0.2) is 6.04 Å². The smallest absolute Gasteiger partial charge is 0.135 e. The quantitative estimate of drug-likeness (QED) is 0.748. The van der Waals surface area contributed by atoms with Crippen LogP contribution in [-0.2, 0) is 6.54 Å². The van der Waals surface area contributed by atoms with Crippen molar-refractivity contribution in [2.24, 2.45) is 0 Å². The topological polar surface area (TPSA) is 25.2 Å². The van der Waals surface area contributed by atoms with Crippen molar-refractivity contribution in [1.29, 1.82) is 0 Å². The van der Waals surface area contributed by atoms with Crippen LogP contribution in [0.25, 0.3) is 11.3 Å². The maximum Gasteiger partial charge on any atom is 0.135 e. The van der Waals surface area contributed by atoms with E-state index < -0.39 is 0 Å². The molecule has 2 aromatic rings. The molecule has 1 N–H and O–H groups in total. The van der Waals surface area contributed by atoms with Crippen LogP contribution in [0.15, 0.2) is 43.7 Å². The number of furan rings is 1. The van der Waals surface area contributed by atoms with Crippen molar-refractivity contribution in [3.8, 4) is 11.3 Å². The standard InChI is InChI=1S/C15H17Br2NO/c1-3-10(2)18-9-12-5-7-15(19-12)13-6-4-11(16)8-14(13)17/h4-8,10,18H,3,9H2,1-2H3/t10-/m1/s1. The van der Waals surface area contributed by atoms with E-state index >= 15 is 0 Å². The zero-order chi connectivity index (χ0) is 13.8. The van der Waals surface area contributed by atoms with Gasteiger partial charge in [0.1, 0.15) is 11.5 Å². The van der Waals surface area contributed by atoms with Gasteiger partial charge in [0.2, 0.25) is 0 Å². The maximum absolute atomic E-state index is 5.88. The molecule has 0 amide bonds. The first-order chi connectivity index (χ1) is 9.10. The third-order valence-corrected chi connectivity index (χ3v) is 4.24. The molecule has 0 aliphatic heterocycles. The molecule has 0 fully saturated rings. The molecule has 1 aromatic heterocycles. The lowest BCUT2D eigenvalue weighted by Gasteiger charge is -2.09. The van der Waals surface area contributed by atoms with Crippen molar-refractivity contribution >= 4 is 31.9 Å². The Morgan fingerprint density at radius 2 is 2.00 bits per heavy atom. The Bertz CT molecular complexity index is 551. The predicted octanol–water partition coefficient (Wildman–Crippen LogP) is 5.36. The van der Waals surface area contributed by atoms with Gasteiger partial charge >= 0.3 is 0 Å². The molecular formula is C15H17Br2NO. The fraction of sp³-hybridized carbons (Fsp3) is 0.333. The summed E-state index contributed by atoms with van der Waals surface area (Å²) in [5.41, 5.74) is 1.07. The Morgan fingerprint density at radius 3 is 2.68 bits per heavy atom. The molecule has 2 nitrogen and oxygen atoms in total. The van der Waals surface area contributed by atoms with Crippen LogP contribution in [0.3, 0.4) is 0 Å². The number of nitrogens with one attached hydrogen (secondary N) is 1. The van der Waals surface area contributed by atoms with Crippen molar-refractivity contribution in [3.63, 3.8) is 0 Å². The number of hydrogen-bond donors (Lipinski definition) is 1. The zero-order valence-corrected chi connectivity index (χ0v) is 14.2. The van der Waals surface area contributed by atoms with Crippen molar-refractivity contribution in [2.45, 2.75) is 32.9 Å². The van der Waals surface area contributed by atoms with Crippen molar-refractivity contribution in [2.75, 3.05) is 0 Å². The maximum atomic E-state index is 5.88. The lowest BCUT2D eigenvalue weighted by molar-refractivity contribution is 0.456. The van der Waals surface area contributed by atoms with Gasteiger partial charge < -0.3 is 9.73 Å². The number of halogens is 2. The highest BCUT2D eigenvalue weighted by molar-refractivity contribution is 9.11. The summed E-state index contributed by atoms with van der Waals surface area (Å²) in [6, 6.07) is 10.6. The van der Waals surface area contributed by atoms with E-state index in [4.69, 9.17) is 4.42 Å². The fourth-order valence-electron chi connectivity index (χ4n) is 1.73. The molecule has 4 heteroatoms. The summed E-state index contributed by atoms with van der Waals surface area (Å²) in [4.78, 5) is 0. The molecule has 1 atom stereocenters. The summed E-state index contributed by atoms with van der Waals surface area (Å²) in [6.07, 6.45) is 1.12. The average molecular weight is 387 g/mol. The summed E-state index contributed by atoms with van der Waals surface area (Å²) < 4.78 is 7.95. The molecule has 19 heavy (non-hydrogen) atoms. The van der Waals surface area contributed by atoms with E-state index in [0.29, 0.717) is 6.04 Å². The van der Waals surface area contributed by atoms with Gasteiger partial charge in [-0.25, -0.2) is 0 Å². The zero-order valence-electron chi connectivity index (χ0n) is 11.0. The minimum atomic E-state index is 0.507. The first-order valence-electron chi connectivity index (χ1n) is 6.37. The van der Waals surface area contributed by atoms with Crippen LogP contribution in [0.2, 0.25) is 0 Å². The van der Waals surface area contributed by atoms with E-state index in [0.717, 1.165) is 39.0 Å². The van der Waals surface area contributed by atoms with Crippen LogP contribution < -0.4 is 5.32 Å². The first kappa shape index (κ1) is 14.8. The Hall–Kier alpha value is -0.580. The lowest BCUT2D eigenvalue weighted by Crippen LogP contribution is -2.24. The highest BCUT2D eigenvalue weighted by Crippen LogP contribution is 2.31. The van der Waals surface area contributed by atoms with Gasteiger partial charge in [0.15, 0.2) is 0 Å². The molecular weight excluding hydrogens is 370 g/mol. The SMILES string of the molecule is CC[C@@H](C)NCc1ccc(-c2ccc(Br)cc2Br)o1. The van der Waals surface area contributed by atoms with Crippen LogP contribution in [0.1, 0.15) is 26.0 Å². The summed E-state index contributed by atoms with van der Waals surface area (Å²) >= 11 is 7.01. The Morgan fingerprint density at radius 1 is 1.21 bits per heavy atom. The highest BCUT2D eigenvalue weighted by atomic mass is 79.9. The minimum Gasteiger partial charge on any atom is -0.460 e. The number of hydrogen-bond acceptors (Lipinski definition) is 2. The summed E-state index contributed by atoms with van der Waals surface area (Å²) in [6.45, 7) is 5.11. The monoisotopic (exact) mass is 385 g/mol. The van der Waals surface area contributed by atoms with Crippen molar-refractivity contribution in [3.05, 3.63) is 45.0 Å². The third-order valence-electron chi connectivity index (χ3n) is 3.10. The van der Waals surface area contributed by atoms with Crippen LogP contribution in [0.5, 0.6) is 0 Å².